The third-order valence-electron chi connectivity index (χ3n) is 4.31. The first-order valence-electron chi connectivity index (χ1n) is 8.53. The van der Waals surface area contributed by atoms with Crippen LogP contribution in [-0.2, 0) is 0 Å². The van der Waals surface area contributed by atoms with Crippen molar-refractivity contribution in [2.75, 3.05) is 0 Å². The molecule has 0 saturated carbocycles. The Labute approximate surface area is 174 Å². The number of nitrogens with zero attached hydrogens (tertiary/aromatic N) is 3. The summed E-state index contributed by atoms with van der Waals surface area (Å²) in [4.78, 5) is 22.5. The number of hydrogen-bond acceptors (Lipinski definition) is 5. The Morgan fingerprint density at radius 1 is 1.17 bits per heavy atom. The number of halogens is 1. The molecule has 0 aliphatic rings. The second-order valence-corrected chi connectivity index (χ2v) is 7.23. The highest BCUT2D eigenvalue weighted by Gasteiger charge is 2.17. The van der Waals surface area contributed by atoms with Crippen LogP contribution in [0.2, 0.25) is 0 Å². The Hall–Kier alpha value is -3.46. The summed E-state index contributed by atoms with van der Waals surface area (Å²) in [6.07, 6.45) is 1.14. The van der Waals surface area contributed by atoms with Gasteiger partial charge >= 0.3 is 5.69 Å². The van der Waals surface area contributed by atoms with E-state index in [1.54, 1.807) is 12.1 Å². The molecule has 0 fully saturated rings. The number of hydrazone groups is 1. The second kappa shape index (κ2) is 8.27. The van der Waals surface area contributed by atoms with Gasteiger partial charge in [0.1, 0.15) is 0 Å². The molecule has 0 bridgehead atoms. The molecule has 1 heterocycles. The number of phenolic OH excluding ortho intramolecular Hbond substituents is 1. The largest absolute Gasteiger partial charge is 0.502 e. The number of aromatic hydroxyl groups is 1. The van der Waals surface area contributed by atoms with Crippen molar-refractivity contribution in [2.45, 2.75) is 13.8 Å². The molecule has 1 amide bonds. The standard InChI is InChI=1S/C20H17BrN4O4/c1-12-3-4-13(2)24(12)17-7-5-14(6-8-17)20(27)23-22-11-15-9-16(21)10-18(19(15)26)25(28)29/h3-11,26H,1-2H3,(H,23,27)/b22-11-. The van der Waals surface area contributed by atoms with E-state index in [1.165, 1.54) is 12.1 Å². The molecular formula is C20H17BrN4O4. The fourth-order valence-corrected chi connectivity index (χ4v) is 3.37. The summed E-state index contributed by atoms with van der Waals surface area (Å²) in [6, 6.07) is 13.7. The van der Waals surface area contributed by atoms with E-state index >= 15 is 0 Å². The van der Waals surface area contributed by atoms with E-state index in [1.807, 2.05) is 38.1 Å². The van der Waals surface area contributed by atoms with Crippen LogP contribution in [-0.4, -0.2) is 26.7 Å². The molecule has 3 rings (SSSR count). The number of aryl methyl sites for hydroxylation is 2. The maximum absolute atomic E-state index is 12.3. The molecule has 2 aromatic carbocycles. The summed E-state index contributed by atoms with van der Waals surface area (Å²) in [5, 5.41) is 24.7. The molecule has 1 aromatic heterocycles. The molecule has 2 N–H and O–H groups in total. The number of carbonyl (C=O) groups is 1. The van der Waals surface area contributed by atoms with Gasteiger partial charge in [-0.3, -0.25) is 14.9 Å². The van der Waals surface area contributed by atoms with Gasteiger partial charge in [0.05, 0.1) is 11.1 Å². The summed E-state index contributed by atoms with van der Waals surface area (Å²) < 4.78 is 2.48. The van der Waals surface area contributed by atoms with Crippen LogP contribution >= 0.6 is 15.9 Å². The van der Waals surface area contributed by atoms with Crippen molar-refractivity contribution in [2.24, 2.45) is 5.10 Å². The first-order chi connectivity index (χ1) is 13.8. The topological polar surface area (TPSA) is 110 Å². The minimum Gasteiger partial charge on any atom is -0.502 e. The minimum absolute atomic E-state index is 0.0975. The van der Waals surface area contributed by atoms with Crippen molar-refractivity contribution < 1.29 is 14.8 Å². The van der Waals surface area contributed by atoms with E-state index in [4.69, 9.17) is 0 Å². The van der Waals surface area contributed by atoms with Crippen molar-refractivity contribution in [1.29, 1.82) is 0 Å². The molecule has 0 aliphatic carbocycles. The van der Waals surface area contributed by atoms with Gasteiger partial charge in [0, 0.05) is 38.7 Å². The molecule has 0 aliphatic heterocycles. The van der Waals surface area contributed by atoms with Crippen LogP contribution < -0.4 is 5.43 Å². The highest BCUT2D eigenvalue weighted by molar-refractivity contribution is 9.10. The summed E-state index contributed by atoms with van der Waals surface area (Å²) in [7, 11) is 0. The molecular weight excluding hydrogens is 440 g/mol. The average Bonchev–Trinajstić information content (AvgIpc) is 3.02. The Balaban J connectivity index is 1.74. The van der Waals surface area contributed by atoms with Crippen molar-refractivity contribution in [3.63, 3.8) is 0 Å². The number of phenols is 1. The Bertz CT molecular complexity index is 1100. The van der Waals surface area contributed by atoms with Crippen LogP contribution in [0.1, 0.15) is 27.3 Å². The molecule has 29 heavy (non-hydrogen) atoms. The number of nitrogens with one attached hydrogen (secondary N) is 1. The van der Waals surface area contributed by atoms with Gasteiger partial charge < -0.3 is 9.67 Å². The molecule has 3 aromatic rings. The molecule has 9 heteroatoms. The normalized spacial score (nSPS) is 11.0. The first kappa shape index (κ1) is 20.3. The number of aromatic nitrogens is 1. The third-order valence-corrected chi connectivity index (χ3v) is 4.77. The fourth-order valence-electron chi connectivity index (χ4n) is 2.91. The first-order valence-corrected chi connectivity index (χ1v) is 9.33. The lowest BCUT2D eigenvalue weighted by Gasteiger charge is -2.10. The Kier molecular flexibility index (Phi) is 5.79. The predicted octanol–water partition coefficient (Wildman–Crippen LogP) is 4.23. The van der Waals surface area contributed by atoms with Crippen LogP contribution in [0.4, 0.5) is 5.69 Å². The van der Waals surface area contributed by atoms with Gasteiger partial charge in [-0.1, -0.05) is 15.9 Å². The Morgan fingerprint density at radius 2 is 1.79 bits per heavy atom. The summed E-state index contributed by atoms with van der Waals surface area (Å²) in [5.41, 5.74) is 5.51. The van der Waals surface area contributed by atoms with E-state index in [9.17, 15) is 20.0 Å². The number of amides is 1. The van der Waals surface area contributed by atoms with E-state index < -0.39 is 22.3 Å². The summed E-state index contributed by atoms with van der Waals surface area (Å²) in [5.74, 6) is -0.976. The number of nitro groups is 1. The number of rotatable bonds is 5. The molecule has 0 unspecified atom stereocenters. The number of benzene rings is 2. The maximum Gasteiger partial charge on any atom is 0.312 e. The van der Waals surface area contributed by atoms with Gasteiger partial charge in [0.2, 0.25) is 5.75 Å². The van der Waals surface area contributed by atoms with Crippen LogP contribution in [0.15, 0.2) is 58.1 Å². The quantitative estimate of drug-likeness (QED) is 0.339. The fraction of sp³-hybridized carbons (Fsp3) is 0.100. The van der Waals surface area contributed by atoms with Gasteiger partial charge in [-0.15, -0.1) is 0 Å². The van der Waals surface area contributed by atoms with Crippen molar-refractivity contribution in [3.05, 3.63) is 85.6 Å². The van der Waals surface area contributed by atoms with E-state index in [0.717, 1.165) is 23.3 Å². The third kappa shape index (κ3) is 4.35. The van der Waals surface area contributed by atoms with Crippen molar-refractivity contribution in [1.82, 2.24) is 9.99 Å². The molecule has 0 radical (unpaired) electrons. The van der Waals surface area contributed by atoms with Crippen LogP contribution in [0.5, 0.6) is 5.75 Å². The van der Waals surface area contributed by atoms with Gasteiger partial charge in [-0.05, 0) is 56.3 Å². The lowest BCUT2D eigenvalue weighted by Crippen LogP contribution is -2.17. The molecule has 0 spiro atoms. The predicted molar refractivity (Wildman–Crippen MR) is 113 cm³/mol. The Morgan fingerprint density at radius 3 is 2.38 bits per heavy atom. The number of hydrogen-bond donors (Lipinski definition) is 2. The number of nitro benzene ring substituents is 1. The van der Waals surface area contributed by atoms with E-state index in [2.05, 4.69) is 31.0 Å². The summed E-state index contributed by atoms with van der Waals surface area (Å²) in [6.45, 7) is 4.01. The SMILES string of the molecule is Cc1ccc(C)n1-c1ccc(C(=O)N/N=C\c2cc(Br)cc([N+](=O)[O-])c2O)cc1. The smallest absolute Gasteiger partial charge is 0.312 e. The van der Waals surface area contributed by atoms with E-state index in [0.29, 0.717) is 10.0 Å². The van der Waals surface area contributed by atoms with Gasteiger partial charge in [0.15, 0.2) is 0 Å². The highest BCUT2D eigenvalue weighted by atomic mass is 79.9. The summed E-state index contributed by atoms with van der Waals surface area (Å²) >= 11 is 3.14. The zero-order valence-corrected chi connectivity index (χ0v) is 17.2. The van der Waals surface area contributed by atoms with Crippen LogP contribution in [0.25, 0.3) is 5.69 Å². The average molecular weight is 457 g/mol. The van der Waals surface area contributed by atoms with Crippen molar-refractivity contribution in [3.8, 4) is 11.4 Å². The lowest BCUT2D eigenvalue weighted by molar-refractivity contribution is -0.385. The van der Waals surface area contributed by atoms with Crippen LogP contribution in [0.3, 0.4) is 0 Å². The second-order valence-electron chi connectivity index (χ2n) is 6.32. The number of carbonyl (C=O) groups excluding carboxylic acids is 1. The minimum atomic E-state index is -0.703. The van der Waals surface area contributed by atoms with Crippen molar-refractivity contribution >= 4 is 33.7 Å². The zero-order chi connectivity index (χ0) is 21.1. The monoisotopic (exact) mass is 456 g/mol. The van der Waals surface area contributed by atoms with Gasteiger partial charge in [0.25, 0.3) is 5.91 Å². The van der Waals surface area contributed by atoms with E-state index in [-0.39, 0.29) is 5.56 Å². The maximum atomic E-state index is 12.3. The van der Waals surface area contributed by atoms with Crippen LogP contribution in [0, 0.1) is 24.0 Å². The zero-order valence-electron chi connectivity index (χ0n) is 15.6. The molecule has 0 atom stereocenters. The molecule has 8 nitrogen and oxygen atoms in total. The van der Waals surface area contributed by atoms with Gasteiger partial charge in [-0.2, -0.15) is 5.10 Å². The molecule has 0 saturated heterocycles. The lowest BCUT2D eigenvalue weighted by atomic mass is 10.2. The highest BCUT2D eigenvalue weighted by Crippen LogP contribution is 2.32. The van der Waals surface area contributed by atoms with Gasteiger partial charge in [-0.25, -0.2) is 5.43 Å². The molecule has 148 valence electrons.